The second kappa shape index (κ2) is 11.1. The van der Waals surface area contributed by atoms with Gasteiger partial charge in [-0.15, -0.1) is 12.4 Å². The van der Waals surface area contributed by atoms with Gasteiger partial charge in [0.25, 0.3) is 0 Å². The van der Waals surface area contributed by atoms with E-state index in [9.17, 15) is 4.79 Å². The van der Waals surface area contributed by atoms with Crippen LogP contribution in [0.25, 0.3) is 0 Å². The van der Waals surface area contributed by atoms with E-state index in [1.54, 1.807) is 0 Å². The lowest BCUT2D eigenvalue weighted by atomic mass is 9.92. The van der Waals surface area contributed by atoms with Gasteiger partial charge in [0.15, 0.2) is 0 Å². The number of ether oxygens (including phenoxy) is 1. The minimum absolute atomic E-state index is 0. The summed E-state index contributed by atoms with van der Waals surface area (Å²) in [4.78, 5) is 14.9. The standard InChI is InChI=1S/C20H30ClN3O2.ClH/c1-15-14-16(6-9-22-15)20(25)23-18-7-10-24(11-8-18)12-13-26-19-4-2-17(21)3-5-19;/h2-5,15-16,18,22H,6-14H2,1H3,(H,23,25);1H/t15-,16-;/m0./s1. The van der Waals surface area contributed by atoms with Gasteiger partial charge in [-0.3, -0.25) is 9.69 Å². The molecule has 2 saturated heterocycles. The number of nitrogens with zero attached hydrogens (tertiary/aromatic N) is 1. The van der Waals surface area contributed by atoms with Gasteiger partial charge in [0.2, 0.25) is 5.91 Å². The molecule has 3 rings (SSSR count). The Morgan fingerprint density at radius 2 is 1.96 bits per heavy atom. The molecule has 2 fully saturated rings. The van der Waals surface area contributed by atoms with Crippen LogP contribution in [0.1, 0.15) is 32.6 Å². The van der Waals surface area contributed by atoms with E-state index in [0.29, 0.717) is 18.7 Å². The summed E-state index contributed by atoms with van der Waals surface area (Å²) < 4.78 is 5.77. The number of likely N-dealkylation sites (tertiary alicyclic amines) is 1. The third-order valence-corrected chi connectivity index (χ3v) is 5.67. The van der Waals surface area contributed by atoms with Crippen molar-refractivity contribution in [3.05, 3.63) is 29.3 Å². The molecule has 1 aromatic rings. The molecule has 2 aliphatic rings. The SMILES string of the molecule is C[C@H]1C[C@@H](C(=O)NC2CCN(CCOc3ccc(Cl)cc3)CC2)CCN1.Cl. The molecule has 27 heavy (non-hydrogen) atoms. The third kappa shape index (κ3) is 7.15. The Morgan fingerprint density at radius 1 is 1.26 bits per heavy atom. The molecule has 2 heterocycles. The largest absolute Gasteiger partial charge is 0.492 e. The second-order valence-corrected chi connectivity index (χ2v) is 7.94. The normalized spacial score (nSPS) is 24.1. The molecule has 1 aromatic carbocycles. The van der Waals surface area contributed by atoms with Crippen LogP contribution in [0, 0.1) is 5.92 Å². The number of hydrogen-bond acceptors (Lipinski definition) is 4. The lowest BCUT2D eigenvalue weighted by Crippen LogP contribution is -2.49. The first-order valence-corrected chi connectivity index (χ1v) is 10.1. The molecule has 0 aromatic heterocycles. The third-order valence-electron chi connectivity index (χ3n) is 5.42. The van der Waals surface area contributed by atoms with Crippen LogP contribution in [0.4, 0.5) is 0 Å². The first kappa shape index (κ1) is 22.3. The summed E-state index contributed by atoms with van der Waals surface area (Å²) in [5.41, 5.74) is 0. The lowest BCUT2D eigenvalue weighted by molar-refractivity contribution is -0.127. The van der Waals surface area contributed by atoms with Crippen molar-refractivity contribution in [3.8, 4) is 5.75 Å². The Morgan fingerprint density at radius 3 is 2.63 bits per heavy atom. The summed E-state index contributed by atoms with van der Waals surface area (Å²) in [6, 6.07) is 8.24. The summed E-state index contributed by atoms with van der Waals surface area (Å²) in [6.45, 7) is 6.71. The quantitative estimate of drug-likeness (QED) is 0.749. The fourth-order valence-electron chi connectivity index (χ4n) is 3.81. The molecular weight excluding hydrogens is 385 g/mol. The molecule has 0 radical (unpaired) electrons. The van der Waals surface area contributed by atoms with Crippen LogP contribution in [-0.4, -0.2) is 55.7 Å². The zero-order valence-corrected chi connectivity index (χ0v) is 17.5. The van der Waals surface area contributed by atoms with Crippen molar-refractivity contribution in [3.63, 3.8) is 0 Å². The van der Waals surface area contributed by atoms with E-state index in [2.05, 4.69) is 22.5 Å². The van der Waals surface area contributed by atoms with Gasteiger partial charge in [-0.2, -0.15) is 0 Å². The van der Waals surface area contributed by atoms with Crippen molar-refractivity contribution in [1.82, 2.24) is 15.5 Å². The molecule has 1 amide bonds. The van der Waals surface area contributed by atoms with Gasteiger partial charge in [0.05, 0.1) is 0 Å². The highest BCUT2D eigenvalue weighted by atomic mass is 35.5. The maximum Gasteiger partial charge on any atom is 0.223 e. The Balaban J connectivity index is 0.00000261. The average molecular weight is 416 g/mol. The van der Waals surface area contributed by atoms with Gasteiger partial charge in [-0.05, 0) is 63.4 Å². The van der Waals surface area contributed by atoms with Crippen molar-refractivity contribution < 1.29 is 9.53 Å². The van der Waals surface area contributed by atoms with Gasteiger partial charge < -0.3 is 15.4 Å². The first-order valence-electron chi connectivity index (χ1n) is 9.74. The Kier molecular flexibility index (Phi) is 9.16. The monoisotopic (exact) mass is 415 g/mol. The van der Waals surface area contributed by atoms with Crippen LogP contribution in [0.15, 0.2) is 24.3 Å². The Hall–Kier alpha value is -1.01. The van der Waals surface area contributed by atoms with Crippen molar-refractivity contribution in [2.24, 2.45) is 5.92 Å². The fourth-order valence-corrected chi connectivity index (χ4v) is 3.94. The molecule has 0 spiro atoms. The summed E-state index contributed by atoms with van der Waals surface area (Å²) in [5, 5.41) is 7.41. The summed E-state index contributed by atoms with van der Waals surface area (Å²) in [5.74, 6) is 1.28. The van der Waals surface area contributed by atoms with Crippen molar-refractivity contribution in [1.29, 1.82) is 0 Å². The van der Waals surface area contributed by atoms with Crippen LogP contribution in [0.2, 0.25) is 5.02 Å². The predicted octanol–water partition coefficient (Wildman–Crippen LogP) is 3.11. The van der Waals surface area contributed by atoms with Crippen LogP contribution in [0.3, 0.4) is 0 Å². The highest BCUT2D eigenvalue weighted by molar-refractivity contribution is 6.30. The molecule has 2 atom stereocenters. The molecule has 2 aliphatic heterocycles. The second-order valence-electron chi connectivity index (χ2n) is 7.50. The number of nitrogens with one attached hydrogen (secondary N) is 2. The van der Waals surface area contributed by atoms with Crippen LogP contribution >= 0.6 is 24.0 Å². The van der Waals surface area contributed by atoms with E-state index >= 15 is 0 Å². The zero-order valence-electron chi connectivity index (χ0n) is 16.0. The number of amides is 1. The summed E-state index contributed by atoms with van der Waals surface area (Å²) in [7, 11) is 0. The maximum atomic E-state index is 12.5. The predicted molar refractivity (Wildman–Crippen MR) is 112 cm³/mol. The van der Waals surface area contributed by atoms with E-state index in [1.165, 1.54) is 0 Å². The minimum atomic E-state index is 0. The van der Waals surface area contributed by atoms with Gasteiger partial charge in [-0.1, -0.05) is 11.6 Å². The smallest absolute Gasteiger partial charge is 0.223 e. The number of hydrogen-bond donors (Lipinski definition) is 2. The molecule has 0 unspecified atom stereocenters. The van der Waals surface area contributed by atoms with Gasteiger partial charge in [-0.25, -0.2) is 0 Å². The van der Waals surface area contributed by atoms with Crippen molar-refractivity contribution >= 4 is 29.9 Å². The van der Waals surface area contributed by atoms with E-state index in [4.69, 9.17) is 16.3 Å². The Bertz CT molecular complexity index is 577. The fraction of sp³-hybridized carbons (Fsp3) is 0.650. The molecule has 0 saturated carbocycles. The van der Waals surface area contributed by atoms with Gasteiger partial charge in [0, 0.05) is 42.7 Å². The molecule has 5 nitrogen and oxygen atoms in total. The number of piperidine rings is 2. The maximum absolute atomic E-state index is 12.5. The van der Waals surface area contributed by atoms with Gasteiger partial charge >= 0.3 is 0 Å². The van der Waals surface area contributed by atoms with Gasteiger partial charge in [0.1, 0.15) is 12.4 Å². The number of rotatable bonds is 6. The van der Waals surface area contributed by atoms with Crippen LogP contribution in [-0.2, 0) is 4.79 Å². The molecule has 0 bridgehead atoms. The average Bonchev–Trinajstić information content (AvgIpc) is 2.65. The molecule has 2 N–H and O–H groups in total. The zero-order chi connectivity index (χ0) is 18.4. The van der Waals surface area contributed by atoms with E-state index in [-0.39, 0.29) is 24.2 Å². The highest BCUT2D eigenvalue weighted by Crippen LogP contribution is 2.18. The number of carbonyl (C=O) groups excluding carboxylic acids is 1. The molecule has 152 valence electrons. The summed E-state index contributed by atoms with van der Waals surface area (Å²) in [6.07, 6.45) is 3.95. The first-order chi connectivity index (χ1) is 12.6. The van der Waals surface area contributed by atoms with Crippen molar-refractivity contribution in [2.75, 3.05) is 32.8 Å². The number of carbonyl (C=O) groups is 1. The Labute approximate surface area is 173 Å². The lowest BCUT2D eigenvalue weighted by Gasteiger charge is -2.34. The number of benzene rings is 1. The minimum Gasteiger partial charge on any atom is -0.492 e. The van der Waals surface area contributed by atoms with E-state index in [1.807, 2.05) is 24.3 Å². The number of halogens is 2. The van der Waals surface area contributed by atoms with Crippen LogP contribution in [0.5, 0.6) is 5.75 Å². The van der Waals surface area contributed by atoms with Crippen LogP contribution < -0.4 is 15.4 Å². The molecular formula is C20H31Cl2N3O2. The molecule has 0 aliphatic carbocycles. The topological polar surface area (TPSA) is 53.6 Å². The highest BCUT2D eigenvalue weighted by Gasteiger charge is 2.27. The summed E-state index contributed by atoms with van der Waals surface area (Å²) >= 11 is 5.88. The molecule has 7 heteroatoms. The van der Waals surface area contributed by atoms with E-state index < -0.39 is 0 Å². The van der Waals surface area contributed by atoms with E-state index in [0.717, 1.165) is 62.6 Å². The van der Waals surface area contributed by atoms with Crippen molar-refractivity contribution in [2.45, 2.75) is 44.7 Å².